The number of nitrogens with zero attached hydrogens (tertiary/aromatic N) is 6. The third kappa shape index (κ3) is 4.39. The van der Waals surface area contributed by atoms with Gasteiger partial charge in [-0.15, -0.1) is 0 Å². The van der Waals surface area contributed by atoms with Gasteiger partial charge in [0.05, 0.1) is 28.5 Å². The standard InChI is InChI=1S/C20H19N7O3/c28-27(29)18-8-7-17(19-20(18)25-30-24-19)26(14-16-6-2-4-10-23-16)12-11-21-13-15-5-1-3-9-22-15/h1-10,21H,11-14H2. The number of pyridine rings is 2. The number of nitro benzene ring substituents is 1. The highest BCUT2D eigenvalue weighted by molar-refractivity contribution is 5.93. The Morgan fingerprint density at radius 3 is 2.40 bits per heavy atom. The zero-order valence-electron chi connectivity index (χ0n) is 16.0. The zero-order chi connectivity index (χ0) is 20.8. The van der Waals surface area contributed by atoms with Crippen LogP contribution in [0.2, 0.25) is 0 Å². The summed E-state index contributed by atoms with van der Waals surface area (Å²) in [7, 11) is 0. The number of nitro groups is 1. The molecule has 0 spiro atoms. The maximum atomic E-state index is 11.3. The van der Waals surface area contributed by atoms with Gasteiger partial charge in [0, 0.05) is 38.1 Å². The molecular formula is C20H19N7O3. The van der Waals surface area contributed by atoms with E-state index >= 15 is 0 Å². The fraction of sp³-hybridized carbons (Fsp3) is 0.200. The molecule has 3 aromatic heterocycles. The molecule has 10 nitrogen and oxygen atoms in total. The SMILES string of the molecule is O=[N+]([O-])c1ccc(N(CCNCc2ccccn2)Cc2ccccn2)c2nonc12. The van der Waals surface area contributed by atoms with Crippen LogP contribution in [0.1, 0.15) is 11.4 Å². The van der Waals surface area contributed by atoms with Crippen LogP contribution in [0.15, 0.2) is 65.6 Å². The van der Waals surface area contributed by atoms with Gasteiger partial charge in [-0.3, -0.25) is 20.1 Å². The molecular weight excluding hydrogens is 386 g/mol. The monoisotopic (exact) mass is 405 g/mol. The van der Waals surface area contributed by atoms with Gasteiger partial charge in [0.15, 0.2) is 5.52 Å². The molecule has 0 saturated heterocycles. The first-order chi connectivity index (χ1) is 14.7. The Kier molecular flexibility index (Phi) is 5.85. The molecule has 30 heavy (non-hydrogen) atoms. The van der Waals surface area contributed by atoms with E-state index in [1.54, 1.807) is 18.5 Å². The largest absolute Gasteiger partial charge is 0.362 e. The molecule has 0 aliphatic rings. The summed E-state index contributed by atoms with van der Waals surface area (Å²) in [5.74, 6) is 0. The summed E-state index contributed by atoms with van der Waals surface area (Å²) in [6.07, 6.45) is 3.49. The Labute approximate surface area is 171 Å². The van der Waals surface area contributed by atoms with Crippen molar-refractivity contribution in [3.63, 3.8) is 0 Å². The van der Waals surface area contributed by atoms with Gasteiger partial charge < -0.3 is 10.2 Å². The van der Waals surface area contributed by atoms with Crippen LogP contribution in [0, 0.1) is 10.1 Å². The van der Waals surface area contributed by atoms with Crippen LogP contribution in [-0.4, -0.2) is 38.3 Å². The molecule has 4 rings (SSSR count). The second-order valence-electron chi connectivity index (χ2n) is 6.56. The number of fused-ring (bicyclic) bond motifs is 1. The summed E-state index contributed by atoms with van der Waals surface area (Å²) in [6, 6.07) is 14.6. The molecule has 4 aromatic rings. The lowest BCUT2D eigenvalue weighted by molar-refractivity contribution is -0.383. The predicted molar refractivity (Wildman–Crippen MR) is 110 cm³/mol. The van der Waals surface area contributed by atoms with Crippen molar-refractivity contribution in [2.75, 3.05) is 18.0 Å². The van der Waals surface area contributed by atoms with Gasteiger partial charge in [-0.05, 0) is 40.6 Å². The first kappa shape index (κ1) is 19.4. The molecule has 0 atom stereocenters. The van der Waals surface area contributed by atoms with E-state index in [1.807, 2.05) is 41.3 Å². The van der Waals surface area contributed by atoms with E-state index in [4.69, 9.17) is 4.63 Å². The first-order valence-corrected chi connectivity index (χ1v) is 9.37. The van der Waals surface area contributed by atoms with Crippen molar-refractivity contribution in [2.24, 2.45) is 0 Å². The minimum atomic E-state index is -0.492. The van der Waals surface area contributed by atoms with Crippen LogP contribution in [-0.2, 0) is 13.1 Å². The Balaban J connectivity index is 1.56. The Morgan fingerprint density at radius 2 is 1.70 bits per heavy atom. The summed E-state index contributed by atoms with van der Waals surface area (Å²) in [6.45, 7) is 2.42. The van der Waals surface area contributed by atoms with E-state index < -0.39 is 4.92 Å². The maximum absolute atomic E-state index is 11.3. The average Bonchev–Trinajstić information content (AvgIpc) is 3.26. The second-order valence-corrected chi connectivity index (χ2v) is 6.56. The van der Waals surface area contributed by atoms with Gasteiger partial charge in [0.25, 0.3) is 0 Å². The van der Waals surface area contributed by atoms with Crippen molar-refractivity contribution in [3.05, 3.63) is 82.4 Å². The predicted octanol–water partition coefficient (Wildman–Crippen LogP) is 2.72. The molecule has 1 aromatic carbocycles. The molecule has 152 valence electrons. The maximum Gasteiger partial charge on any atom is 0.300 e. The Bertz CT molecular complexity index is 1120. The molecule has 0 fully saturated rings. The molecule has 0 bridgehead atoms. The third-order valence-corrected chi connectivity index (χ3v) is 4.58. The summed E-state index contributed by atoms with van der Waals surface area (Å²) in [4.78, 5) is 21.5. The van der Waals surface area contributed by atoms with Gasteiger partial charge in [-0.2, -0.15) is 0 Å². The lowest BCUT2D eigenvalue weighted by Gasteiger charge is -2.24. The smallest absolute Gasteiger partial charge is 0.300 e. The Hall–Kier alpha value is -3.92. The summed E-state index contributed by atoms with van der Waals surface area (Å²) >= 11 is 0. The fourth-order valence-electron chi connectivity index (χ4n) is 3.15. The van der Waals surface area contributed by atoms with Crippen LogP contribution < -0.4 is 10.2 Å². The van der Waals surface area contributed by atoms with E-state index in [1.165, 1.54) is 6.07 Å². The zero-order valence-corrected chi connectivity index (χ0v) is 16.0. The molecule has 0 amide bonds. The van der Waals surface area contributed by atoms with Gasteiger partial charge in [-0.1, -0.05) is 12.1 Å². The van der Waals surface area contributed by atoms with Crippen LogP contribution in [0.4, 0.5) is 11.4 Å². The average molecular weight is 405 g/mol. The van der Waals surface area contributed by atoms with Gasteiger partial charge in [0.1, 0.15) is 0 Å². The van der Waals surface area contributed by atoms with Gasteiger partial charge >= 0.3 is 5.69 Å². The van der Waals surface area contributed by atoms with Gasteiger partial charge in [-0.25, -0.2) is 4.63 Å². The van der Waals surface area contributed by atoms with E-state index in [-0.39, 0.29) is 11.2 Å². The van der Waals surface area contributed by atoms with Crippen molar-refractivity contribution >= 4 is 22.4 Å². The molecule has 0 aliphatic carbocycles. The number of benzene rings is 1. The van der Waals surface area contributed by atoms with E-state index in [2.05, 4.69) is 25.6 Å². The van der Waals surface area contributed by atoms with Crippen LogP contribution in [0.25, 0.3) is 11.0 Å². The van der Waals surface area contributed by atoms with Gasteiger partial charge in [0.2, 0.25) is 5.52 Å². The molecule has 0 radical (unpaired) electrons. The number of hydrogen-bond acceptors (Lipinski definition) is 9. The Morgan fingerprint density at radius 1 is 0.967 bits per heavy atom. The molecule has 1 N–H and O–H groups in total. The first-order valence-electron chi connectivity index (χ1n) is 9.37. The number of hydrogen-bond donors (Lipinski definition) is 1. The quantitative estimate of drug-likeness (QED) is 0.254. The topological polar surface area (TPSA) is 123 Å². The van der Waals surface area contributed by atoms with E-state index in [9.17, 15) is 10.1 Å². The van der Waals surface area contributed by atoms with Crippen LogP contribution >= 0.6 is 0 Å². The molecule has 0 saturated carbocycles. The van der Waals surface area contributed by atoms with Crippen molar-refractivity contribution in [3.8, 4) is 0 Å². The summed E-state index contributed by atoms with van der Waals surface area (Å²) in [5.41, 5.74) is 2.86. The van der Waals surface area contributed by atoms with Crippen LogP contribution in [0.5, 0.6) is 0 Å². The highest BCUT2D eigenvalue weighted by Crippen LogP contribution is 2.31. The molecule has 0 aliphatic heterocycles. The lowest BCUT2D eigenvalue weighted by Crippen LogP contribution is -2.32. The highest BCUT2D eigenvalue weighted by Gasteiger charge is 2.22. The lowest BCUT2D eigenvalue weighted by atomic mass is 10.2. The molecule has 3 heterocycles. The normalized spacial score (nSPS) is 10.9. The minimum Gasteiger partial charge on any atom is -0.362 e. The number of rotatable bonds is 9. The number of aromatic nitrogens is 4. The van der Waals surface area contributed by atoms with Crippen molar-refractivity contribution in [1.29, 1.82) is 0 Å². The second kappa shape index (κ2) is 9.05. The van der Waals surface area contributed by atoms with Crippen molar-refractivity contribution in [1.82, 2.24) is 25.6 Å². The minimum absolute atomic E-state index is 0.130. The van der Waals surface area contributed by atoms with E-state index in [0.717, 1.165) is 11.4 Å². The summed E-state index contributed by atoms with van der Waals surface area (Å²) < 4.78 is 4.81. The summed E-state index contributed by atoms with van der Waals surface area (Å²) in [5, 5.41) is 22.3. The fourth-order valence-corrected chi connectivity index (χ4v) is 3.15. The molecule has 0 unspecified atom stereocenters. The third-order valence-electron chi connectivity index (χ3n) is 4.58. The number of nitrogens with one attached hydrogen (secondary N) is 1. The molecule has 10 heteroatoms. The number of anilines is 1. The van der Waals surface area contributed by atoms with E-state index in [0.29, 0.717) is 37.4 Å². The van der Waals surface area contributed by atoms with Crippen molar-refractivity contribution in [2.45, 2.75) is 13.1 Å². The number of non-ortho nitro benzene ring substituents is 1. The van der Waals surface area contributed by atoms with Crippen LogP contribution in [0.3, 0.4) is 0 Å². The highest BCUT2D eigenvalue weighted by atomic mass is 16.6. The van der Waals surface area contributed by atoms with Crippen molar-refractivity contribution < 1.29 is 9.55 Å².